The third kappa shape index (κ3) is 4.84. The molecule has 3 N–H and O–H groups in total. The number of hydrogen-bond acceptors (Lipinski definition) is 6. The molecule has 0 saturated carbocycles. The van der Waals surface area contributed by atoms with Gasteiger partial charge in [-0.3, -0.25) is 14.4 Å². The van der Waals surface area contributed by atoms with Crippen molar-refractivity contribution in [2.75, 3.05) is 6.61 Å². The van der Waals surface area contributed by atoms with Gasteiger partial charge >= 0.3 is 0 Å². The molecule has 9 heteroatoms. The van der Waals surface area contributed by atoms with Gasteiger partial charge in [0.25, 0.3) is 5.91 Å². The molecule has 0 spiro atoms. The van der Waals surface area contributed by atoms with Crippen molar-refractivity contribution in [1.82, 2.24) is 20.4 Å². The Morgan fingerprint density at radius 3 is 2.62 bits per heavy atom. The fourth-order valence-electron chi connectivity index (χ4n) is 3.82. The second kappa shape index (κ2) is 9.48. The molecule has 0 radical (unpaired) electrons. The summed E-state index contributed by atoms with van der Waals surface area (Å²) >= 11 is 0. The number of Topliss-reactive ketones (excluding diaryl/α,β-unsaturated/α-hetero) is 1. The minimum absolute atomic E-state index is 0.0529. The van der Waals surface area contributed by atoms with Crippen LogP contribution < -0.4 is 10.6 Å². The van der Waals surface area contributed by atoms with Crippen molar-refractivity contribution in [3.63, 3.8) is 0 Å². The van der Waals surface area contributed by atoms with Crippen molar-refractivity contribution in [3.8, 4) is 11.4 Å². The van der Waals surface area contributed by atoms with Crippen LogP contribution in [0.5, 0.6) is 5.75 Å². The summed E-state index contributed by atoms with van der Waals surface area (Å²) in [6.45, 7) is 3.26. The fourth-order valence-corrected chi connectivity index (χ4v) is 3.82. The molecular weight excluding hydrogens is 436 g/mol. The number of phenols is 1. The van der Waals surface area contributed by atoms with Crippen LogP contribution in [0.15, 0.2) is 67.0 Å². The molecule has 0 bridgehead atoms. The zero-order valence-electron chi connectivity index (χ0n) is 18.9. The lowest BCUT2D eigenvalue weighted by Gasteiger charge is -2.30. The van der Waals surface area contributed by atoms with Gasteiger partial charge in [-0.25, -0.2) is 4.68 Å². The molecule has 4 rings (SSSR count). The largest absolute Gasteiger partial charge is 0.508 e. The van der Waals surface area contributed by atoms with Crippen molar-refractivity contribution in [2.24, 2.45) is 0 Å². The van der Waals surface area contributed by atoms with E-state index in [1.165, 1.54) is 12.1 Å². The van der Waals surface area contributed by atoms with E-state index in [4.69, 9.17) is 4.74 Å². The van der Waals surface area contributed by atoms with E-state index in [9.17, 15) is 19.5 Å². The van der Waals surface area contributed by atoms with Crippen LogP contribution >= 0.6 is 0 Å². The average molecular weight is 463 g/mol. The summed E-state index contributed by atoms with van der Waals surface area (Å²) in [4.78, 5) is 38.6. The number of phenolic OH excluding ortho intramolecular Hbond substituents is 1. The Labute approximate surface area is 196 Å². The van der Waals surface area contributed by atoms with Crippen LogP contribution in [0, 0.1) is 0 Å². The summed E-state index contributed by atoms with van der Waals surface area (Å²) in [5, 5.41) is 19.5. The molecule has 176 valence electrons. The molecule has 1 saturated heterocycles. The lowest BCUT2D eigenvalue weighted by molar-refractivity contribution is -0.130. The Morgan fingerprint density at radius 2 is 2.00 bits per heavy atom. The summed E-state index contributed by atoms with van der Waals surface area (Å²) in [6.07, 6.45) is 3.07. The van der Waals surface area contributed by atoms with E-state index < -0.39 is 29.5 Å². The fraction of sp³-hybridized carbons (Fsp3) is 0.280. The Morgan fingerprint density at radius 1 is 1.24 bits per heavy atom. The molecule has 9 nitrogen and oxygen atoms in total. The standard InChI is InChI=1S/C25H26N4O5/c1-16-25(2,22(31)15-34-16)28-24(33)21(14-17-5-3-6-20(30)13-17)27-23(32)18-7-9-19(10-8-18)29-12-4-11-26-29/h3-13,16,21,30H,14-15H2,1-2H3,(H,27,32)(H,28,33). The number of nitrogens with zero attached hydrogens (tertiary/aromatic N) is 2. The minimum atomic E-state index is -1.19. The summed E-state index contributed by atoms with van der Waals surface area (Å²) in [5.74, 6) is -1.14. The van der Waals surface area contributed by atoms with E-state index in [2.05, 4.69) is 15.7 Å². The second-order valence-corrected chi connectivity index (χ2v) is 8.47. The monoisotopic (exact) mass is 462 g/mol. The van der Waals surface area contributed by atoms with Crippen LogP contribution in [0.4, 0.5) is 0 Å². The van der Waals surface area contributed by atoms with Crippen LogP contribution in [0.25, 0.3) is 5.69 Å². The van der Waals surface area contributed by atoms with Crippen LogP contribution in [0.3, 0.4) is 0 Å². The number of benzene rings is 2. The Bertz CT molecular complexity index is 1190. The van der Waals surface area contributed by atoms with Gasteiger partial charge in [0.2, 0.25) is 5.91 Å². The number of carbonyl (C=O) groups excluding carboxylic acids is 3. The molecule has 2 heterocycles. The molecule has 2 amide bonds. The van der Waals surface area contributed by atoms with Crippen molar-refractivity contribution in [1.29, 1.82) is 0 Å². The van der Waals surface area contributed by atoms with E-state index in [1.54, 1.807) is 73.4 Å². The van der Waals surface area contributed by atoms with Gasteiger partial charge in [0.1, 0.15) is 23.9 Å². The first-order valence-electron chi connectivity index (χ1n) is 10.9. The Kier molecular flexibility index (Phi) is 6.47. The number of ether oxygens (including phenoxy) is 1. The summed E-state index contributed by atoms with van der Waals surface area (Å²) in [6, 6.07) is 14.1. The highest BCUT2D eigenvalue weighted by molar-refractivity contribution is 6.00. The quantitative estimate of drug-likeness (QED) is 0.492. The van der Waals surface area contributed by atoms with E-state index in [0.717, 1.165) is 5.69 Å². The molecule has 2 aromatic carbocycles. The first-order valence-corrected chi connectivity index (χ1v) is 10.9. The lowest BCUT2D eigenvalue weighted by atomic mass is 9.92. The first-order chi connectivity index (χ1) is 16.3. The zero-order chi connectivity index (χ0) is 24.3. The third-order valence-corrected chi connectivity index (χ3v) is 6.11. The maximum Gasteiger partial charge on any atom is 0.251 e. The van der Waals surface area contributed by atoms with Crippen molar-refractivity contribution < 1.29 is 24.2 Å². The number of ketones is 1. The Balaban J connectivity index is 1.54. The van der Waals surface area contributed by atoms with Crippen molar-refractivity contribution in [2.45, 2.75) is 38.0 Å². The predicted molar refractivity (Wildman–Crippen MR) is 124 cm³/mol. The van der Waals surface area contributed by atoms with E-state index in [-0.39, 0.29) is 24.6 Å². The van der Waals surface area contributed by atoms with Gasteiger partial charge in [-0.2, -0.15) is 5.10 Å². The predicted octanol–water partition coefficient (Wildman–Crippen LogP) is 1.78. The average Bonchev–Trinajstić information content (AvgIpc) is 3.44. The lowest BCUT2D eigenvalue weighted by Crippen LogP contribution is -2.60. The molecule has 3 atom stereocenters. The smallest absolute Gasteiger partial charge is 0.251 e. The molecule has 1 fully saturated rings. The van der Waals surface area contributed by atoms with Gasteiger partial charge in [0.15, 0.2) is 5.78 Å². The molecule has 3 unspecified atom stereocenters. The molecule has 34 heavy (non-hydrogen) atoms. The number of aromatic nitrogens is 2. The van der Waals surface area contributed by atoms with Crippen LogP contribution in [-0.2, 0) is 20.7 Å². The molecular formula is C25H26N4O5. The number of carbonyl (C=O) groups is 3. The summed E-state index contributed by atoms with van der Waals surface area (Å²) in [7, 11) is 0. The highest BCUT2D eigenvalue weighted by Crippen LogP contribution is 2.23. The van der Waals surface area contributed by atoms with E-state index in [0.29, 0.717) is 11.1 Å². The van der Waals surface area contributed by atoms with E-state index >= 15 is 0 Å². The topological polar surface area (TPSA) is 123 Å². The Hall–Kier alpha value is -3.98. The normalized spacial score (nSPS) is 20.6. The number of hydrogen-bond donors (Lipinski definition) is 3. The zero-order valence-corrected chi connectivity index (χ0v) is 18.9. The van der Waals surface area contributed by atoms with Crippen molar-refractivity contribution in [3.05, 3.63) is 78.1 Å². The number of rotatable bonds is 7. The molecule has 1 aliphatic rings. The number of aromatic hydroxyl groups is 1. The first kappa shape index (κ1) is 23.2. The maximum absolute atomic E-state index is 13.3. The van der Waals surface area contributed by atoms with Crippen LogP contribution in [0.2, 0.25) is 0 Å². The SMILES string of the molecule is CC1OCC(=O)C1(C)NC(=O)C(Cc1cccc(O)c1)NC(=O)c1ccc(-n2cccn2)cc1. The summed E-state index contributed by atoms with van der Waals surface area (Å²) < 4.78 is 7.06. The van der Waals surface area contributed by atoms with Gasteiger partial charge < -0.3 is 20.5 Å². The molecule has 1 aromatic heterocycles. The van der Waals surface area contributed by atoms with Crippen molar-refractivity contribution >= 4 is 17.6 Å². The maximum atomic E-state index is 13.3. The summed E-state index contributed by atoms with van der Waals surface area (Å²) in [5.41, 5.74) is 0.619. The highest BCUT2D eigenvalue weighted by Gasteiger charge is 2.47. The molecule has 1 aliphatic heterocycles. The van der Waals surface area contributed by atoms with Crippen LogP contribution in [0.1, 0.15) is 29.8 Å². The molecule has 3 aromatic rings. The van der Waals surface area contributed by atoms with E-state index in [1.807, 2.05) is 0 Å². The van der Waals surface area contributed by atoms with Gasteiger partial charge in [-0.15, -0.1) is 0 Å². The third-order valence-electron chi connectivity index (χ3n) is 6.11. The van der Waals surface area contributed by atoms with Crippen LogP contribution in [-0.4, -0.2) is 56.8 Å². The number of amides is 2. The number of nitrogens with one attached hydrogen (secondary N) is 2. The highest BCUT2D eigenvalue weighted by atomic mass is 16.5. The van der Waals surface area contributed by atoms with Gasteiger partial charge in [0, 0.05) is 24.4 Å². The van der Waals surface area contributed by atoms with Gasteiger partial charge in [-0.1, -0.05) is 12.1 Å². The molecule has 0 aliphatic carbocycles. The minimum Gasteiger partial charge on any atom is -0.508 e. The van der Waals surface area contributed by atoms with Gasteiger partial charge in [-0.05, 0) is 61.9 Å². The van der Waals surface area contributed by atoms with Gasteiger partial charge in [0.05, 0.1) is 11.8 Å². The second-order valence-electron chi connectivity index (χ2n) is 8.47.